The maximum absolute atomic E-state index is 6.05. The summed E-state index contributed by atoms with van der Waals surface area (Å²) in [6, 6.07) is 10.2. The molecule has 1 fully saturated rings. The molecule has 0 saturated heterocycles. The Bertz CT molecular complexity index is 779. The summed E-state index contributed by atoms with van der Waals surface area (Å²) in [5.74, 6) is 1.23. The number of anilines is 1. The molecule has 1 saturated carbocycles. The lowest BCUT2D eigenvalue weighted by atomic mass is 10.2. The Labute approximate surface area is 127 Å². The van der Waals surface area contributed by atoms with Crippen molar-refractivity contribution in [2.24, 2.45) is 0 Å². The van der Waals surface area contributed by atoms with Crippen LogP contribution in [0.4, 0.5) is 5.82 Å². The molecule has 0 bridgehead atoms. The zero-order valence-corrected chi connectivity index (χ0v) is 12.1. The molecule has 4 rings (SSSR count). The minimum Gasteiger partial charge on any atom is -0.363 e. The predicted molar refractivity (Wildman–Crippen MR) is 81.5 cm³/mol. The molecular formula is C15H14ClN5. The van der Waals surface area contributed by atoms with E-state index in [0.29, 0.717) is 18.3 Å². The second-order valence-electron chi connectivity index (χ2n) is 5.26. The third kappa shape index (κ3) is 2.45. The highest BCUT2D eigenvalue weighted by Gasteiger charge is 2.28. The van der Waals surface area contributed by atoms with Crippen molar-refractivity contribution in [2.75, 3.05) is 5.32 Å². The first-order valence-corrected chi connectivity index (χ1v) is 7.38. The van der Waals surface area contributed by atoms with Gasteiger partial charge in [-0.1, -0.05) is 30.3 Å². The number of hydrogen-bond acceptors (Lipinski definition) is 4. The van der Waals surface area contributed by atoms with Gasteiger partial charge in [-0.2, -0.15) is 4.98 Å². The van der Waals surface area contributed by atoms with Gasteiger partial charge in [-0.25, -0.2) is 9.50 Å². The van der Waals surface area contributed by atoms with Crippen LogP contribution in [-0.2, 0) is 6.54 Å². The molecule has 6 heteroatoms. The molecular weight excluding hydrogens is 286 g/mol. The van der Waals surface area contributed by atoms with E-state index in [1.165, 1.54) is 18.4 Å². The Hall–Kier alpha value is -2.14. The lowest BCUT2D eigenvalue weighted by molar-refractivity contribution is 0.830. The third-order valence-corrected chi connectivity index (χ3v) is 3.82. The van der Waals surface area contributed by atoms with E-state index in [2.05, 4.69) is 32.5 Å². The summed E-state index contributed by atoms with van der Waals surface area (Å²) >= 11 is 6.05. The molecule has 2 heterocycles. The van der Waals surface area contributed by atoms with Gasteiger partial charge in [-0.3, -0.25) is 0 Å². The average molecular weight is 300 g/mol. The molecule has 2 aromatic heterocycles. The van der Waals surface area contributed by atoms with Crippen molar-refractivity contribution in [1.29, 1.82) is 0 Å². The molecule has 1 N–H and O–H groups in total. The lowest BCUT2D eigenvalue weighted by Crippen LogP contribution is -2.07. The Morgan fingerprint density at radius 2 is 2.05 bits per heavy atom. The Morgan fingerprint density at radius 1 is 1.24 bits per heavy atom. The van der Waals surface area contributed by atoms with Gasteiger partial charge >= 0.3 is 0 Å². The quantitative estimate of drug-likeness (QED) is 0.803. The maximum atomic E-state index is 6.05. The lowest BCUT2D eigenvalue weighted by Gasteiger charge is -2.07. The van der Waals surface area contributed by atoms with Crippen molar-refractivity contribution in [2.45, 2.75) is 25.3 Å². The summed E-state index contributed by atoms with van der Waals surface area (Å²) in [6.45, 7) is 0.676. The van der Waals surface area contributed by atoms with E-state index in [0.717, 1.165) is 11.3 Å². The number of halogens is 1. The highest BCUT2D eigenvalue weighted by Crippen LogP contribution is 2.40. The highest BCUT2D eigenvalue weighted by atomic mass is 35.5. The van der Waals surface area contributed by atoms with Gasteiger partial charge in [-0.05, 0) is 30.0 Å². The summed E-state index contributed by atoms with van der Waals surface area (Å²) in [5, 5.41) is 7.81. The zero-order chi connectivity index (χ0) is 14.2. The number of imidazole rings is 1. The SMILES string of the molecule is Clc1nc(NCc2ccccc2)c2ncc(C3CC3)n2n1. The normalized spacial score (nSPS) is 14.5. The van der Waals surface area contributed by atoms with Crippen LogP contribution in [0.25, 0.3) is 5.65 Å². The largest absolute Gasteiger partial charge is 0.363 e. The van der Waals surface area contributed by atoms with Crippen LogP contribution in [0, 0.1) is 0 Å². The van der Waals surface area contributed by atoms with E-state index in [4.69, 9.17) is 11.6 Å². The van der Waals surface area contributed by atoms with Crippen LogP contribution >= 0.6 is 11.6 Å². The Morgan fingerprint density at radius 3 is 2.81 bits per heavy atom. The second kappa shape index (κ2) is 5.00. The molecule has 106 valence electrons. The van der Waals surface area contributed by atoms with Crippen LogP contribution < -0.4 is 5.32 Å². The highest BCUT2D eigenvalue weighted by molar-refractivity contribution is 6.28. The van der Waals surface area contributed by atoms with Crippen LogP contribution in [-0.4, -0.2) is 19.6 Å². The van der Waals surface area contributed by atoms with Crippen molar-refractivity contribution in [1.82, 2.24) is 19.6 Å². The number of rotatable bonds is 4. The minimum absolute atomic E-state index is 0.234. The van der Waals surface area contributed by atoms with Gasteiger partial charge in [0.2, 0.25) is 5.28 Å². The summed E-state index contributed by atoms with van der Waals surface area (Å²) in [4.78, 5) is 8.72. The minimum atomic E-state index is 0.234. The number of fused-ring (bicyclic) bond motifs is 1. The fourth-order valence-electron chi connectivity index (χ4n) is 2.43. The molecule has 1 aromatic carbocycles. The summed E-state index contributed by atoms with van der Waals surface area (Å²) in [5.41, 5.74) is 3.04. The van der Waals surface area contributed by atoms with Gasteiger partial charge < -0.3 is 5.32 Å². The van der Waals surface area contributed by atoms with E-state index < -0.39 is 0 Å². The van der Waals surface area contributed by atoms with Gasteiger partial charge in [0.15, 0.2) is 11.5 Å². The monoisotopic (exact) mass is 299 g/mol. The first kappa shape index (κ1) is 12.6. The van der Waals surface area contributed by atoms with Gasteiger partial charge in [0, 0.05) is 12.5 Å². The zero-order valence-electron chi connectivity index (χ0n) is 11.3. The number of aromatic nitrogens is 4. The van der Waals surface area contributed by atoms with Crippen molar-refractivity contribution >= 4 is 23.1 Å². The maximum Gasteiger partial charge on any atom is 0.243 e. The first-order chi connectivity index (χ1) is 10.3. The molecule has 5 nitrogen and oxygen atoms in total. The van der Waals surface area contributed by atoms with E-state index >= 15 is 0 Å². The van der Waals surface area contributed by atoms with E-state index in [9.17, 15) is 0 Å². The van der Waals surface area contributed by atoms with Gasteiger partial charge in [-0.15, -0.1) is 5.10 Å². The molecule has 0 atom stereocenters. The van der Waals surface area contributed by atoms with Crippen molar-refractivity contribution in [3.05, 3.63) is 53.1 Å². The number of hydrogen-bond donors (Lipinski definition) is 1. The summed E-state index contributed by atoms with van der Waals surface area (Å²) in [6.07, 6.45) is 4.27. The molecule has 0 unspecified atom stereocenters. The van der Waals surface area contributed by atoms with Gasteiger partial charge in [0.05, 0.1) is 11.9 Å². The van der Waals surface area contributed by atoms with E-state index in [1.807, 2.05) is 28.9 Å². The first-order valence-electron chi connectivity index (χ1n) is 7.00. The van der Waals surface area contributed by atoms with E-state index in [-0.39, 0.29) is 5.28 Å². The fraction of sp³-hybridized carbons (Fsp3) is 0.267. The van der Waals surface area contributed by atoms with Crippen molar-refractivity contribution < 1.29 is 0 Å². The standard InChI is InChI=1S/C15H14ClN5/c16-15-19-13(17-8-10-4-2-1-3-5-10)14-18-9-12(11-6-7-11)21(14)20-15/h1-5,9,11H,6-8H2,(H,17,19,20). The smallest absolute Gasteiger partial charge is 0.243 e. The van der Waals surface area contributed by atoms with Gasteiger partial charge in [0.1, 0.15) is 0 Å². The molecule has 1 aliphatic carbocycles. The fourth-order valence-corrected chi connectivity index (χ4v) is 2.59. The Kier molecular flexibility index (Phi) is 3.00. The number of nitrogens with one attached hydrogen (secondary N) is 1. The van der Waals surface area contributed by atoms with Crippen LogP contribution in [0.3, 0.4) is 0 Å². The third-order valence-electron chi connectivity index (χ3n) is 3.66. The van der Waals surface area contributed by atoms with Gasteiger partial charge in [0.25, 0.3) is 0 Å². The molecule has 0 amide bonds. The van der Waals surface area contributed by atoms with Crippen LogP contribution in [0.1, 0.15) is 30.0 Å². The molecule has 0 radical (unpaired) electrons. The molecule has 1 aliphatic rings. The van der Waals surface area contributed by atoms with Crippen LogP contribution in [0.2, 0.25) is 5.28 Å². The summed E-state index contributed by atoms with van der Waals surface area (Å²) in [7, 11) is 0. The van der Waals surface area contributed by atoms with Crippen LogP contribution in [0.5, 0.6) is 0 Å². The number of benzene rings is 1. The van der Waals surface area contributed by atoms with E-state index in [1.54, 1.807) is 0 Å². The molecule has 3 aromatic rings. The number of nitrogens with zero attached hydrogens (tertiary/aromatic N) is 4. The molecule has 0 aliphatic heterocycles. The van der Waals surface area contributed by atoms with Crippen molar-refractivity contribution in [3.63, 3.8) is 0 Å². The van der Waals surface area contributed by atoms with Crippen molar-refractivity contribution in [3.8, 4) is 0 Å². The topological polar surface area (TPSA) is 55.1 Å². The molecule has 0 spiro atoms. The Balaban J connectivity index is 1.68. The average Bonchev–Trinajstić information content (AvgIpc) is 3.26. The summed E-state index contributed by atoms with van der Waals surface area (Å²) < 4.78 is 1.82. The molecule has 21 heavy (non-hydrogen) atoms. The predicted octanol–water partition coefficient (Wildman–Crippen LogP) is 3.27. The second-order valence-corrected chi connectivity index (χ2v) is 5.60. The van der Waals surface area contributed by atoms with Crippen LogP contribution in [0.15, 0.2) is 36.5 Å².